The van der Waals surface area contributed by atoms with Gasteiger partial charge in [0.25, 0.3) is 17.7 Å². The number of carbonyl (C=O) groups excluding carboxylic acids is 5. The lowest BCUT2D eigenvalue weighted by Gasteiger charge is -2.23. The number of benzene rings is 1. The first-order valence-corrected chi connectivity index (χ1v) is 9.63. The summed E-state index contributed by atoms with van der Waals surface area (Å²) in [4.78, 5) is 61.4. The molecule has 154 valence electrons. The van der Waals surface area contributed by atoms with E-state index in [0.29, 0.717) is 0 Å². The van der Waals surface area contributed by atoms with Crippen LogP contribution >= 0.6 is 0 Å². The van der Waals surface area contributed by atoms with Crippen LogP contribution < -0.4 is 10.6 Å². The largest absolute Gasteiger partial charge is 0.451 e. The number of nitrogens with zero attached hydrogens (tertiary/aromatic N) is 1. The van der Waals surface area contributed by atoms with Gasteiger partial charge in [0.15, 0.2) is 6.10 Å². The molecule has 0 aromatic heterocycles. The zero-order chi connectivity index (χ0) is 21.0. The first-order chi connectivity index (χ1) is 13.9. The Balaban J connectivity index is 1.47. The highest BCUT2D eigenvalue weighted by atomic mass is 16.5. The summed E-state index contributed by atoms with van der Waals surface area (Å²) in [5.74, 6) is -2.89. The lowest BCUT2D eigenvalue weighted by atomic mass is 9.96. The molecule has 1 aliphatic carbocycles. The molecule has 2 aliphatic rings. The topological polar surface area (TPSA) is 122 Å². The zero-order valence-corrected chi connectivity index (χ0v) is 16.1. The quantitative estimate of drug-likeness (QED) is 0.568. The molecule has 1 heterocycles. The van der Waals surface area contributed by atoms with Gasteiger partial charge in [-0.3, -0.25) is 29.4 Å². The molecule has 0 radical (unpaired) electrons. The lowest BCUT2D eigenvalue weighted by molar-refractivity contribution is -0.154. The van der Waals surface area contributed by atoms with Gasteiger partial charge in [0.2, 0.25) is 0 Å². The van der Waals surface area contributed by atoms with Crippen molar-refractivity contribution in [2.75, 3.05) is 6.54 Å². The number of ether oxygens (including phenoxy) is 1. The van der Waals surface area contributed by atoms with Crippen LogP contribution in [0.2, 0.25) is 0 Å². The number of rotatable bonds is 5. The monoisotopic (exact) mass is 401 g/mol. The number of fused-ring (bicyclic) bond motifs is 1. The second-order valence-electron chi connectivity index (χ2n) is 7.17. The maximum Gasteiger partial charge on any atom is 0.326 e. The van der Waals surface area contributed by atoms with Crippen LogP contribution in [0.5, 0.6) is 0 Å². The molecule has 1 aromatic rings. The molecule has 1 aliphatic heterocycles. The third kappa shape index (κ3) is 4.79. The molecule has 0 saturated heterocycles. The van der Waals surface area contributed by atoms with Crippen LogP contribution in [0.1, 0.15) is 59.7 Å². The fourth-order valence-electron chi connectivity index (χ4n) is 3.48. The second-order valence-corrected chi connectivity index (χ2v) is 7.17. The number of imide groups is 2. The lowest BCUT2D eigenvalue weighted by Crippen LogP contribution is -2.48. The molecule has 0 spiro atoms. The van der Waals surface area contributed by atoms with Gasteiger partial charge in [-0.15, -0.1) is 0 Å². The van der Waals surface area contributed by atoms with Crippen LogP contribution in [0.3, 0.4) is 0 Å². The van der Waals surface area contributed by atoms with Crippen molar-refractivity contribution in [3.8, 4) is 0 Å². The van der Waals surface area contributed by atoms with Gasteiger partial charge < -0.3 is 10.1 Å². The molecule has 2 N–H and O–H groups in total. The fourth-order valence-corrected chi connectivity index (χ4v) is 3.48. The Hall–Kier alpha value is -3.23. The number of urea groups is 1. The standard InChI is InChI=1S/C20H23N3O6/c1-12(17(25)22-20(28)21-13-7-3-2-4-8-13)29-16(24)11-23-18(26)14-9-5-6-10-15(14)19(23)27/h5-6,9-10,12-13H,2-4,7-8,11H2,1H3,(H2,21,22,25,28). The molecule has 1 atom stereocenters. The normalized spacial score (nSPS) is 17.5. The second kappa shape index (κ2) is 8.85. The number of hydrogen-bond donors (Lipinski definition) is 2. The molecule has 5 amide bonds. The molecule has 9 nitrogen and oxygen atoms in total. The summed E-state index contributed by atoms with van der Waals surface area (Å²) in [5, 5.41) is 4.87. The van der Waals surface area contributed by atoms with Crippen LogP contribution in [-0.2, 0) is 14.3 Å². The molecule has 1 fully saturated rings. The van der Waals surface area contributed by atoms with Crippen molar-refractivity contribution in [3.63, 3.8) is 0 Å². The van der Waals surface area contributed by atoms with Gasteiger partial charge in [-0.1, -0.05) is 31.4 Å². The fraction of sp³-hybridized carbons (Fsp3) is 0.450. The number of esters is 1. The van der Waals surface area contributed by atoms with Crippen molar-refractivity contribution < 1.29 is 28.7 Å². The Morgan fingerprint density at radius 3 is 2.24 bits per heavy atom. The van der Waals surface area contributed by atoms with E-state index in [1.807, 2.05) is 0 Å². The summed E-state index contributed by atoms with van der Waals surface area (Å²) in [5.41, 5.74) is 0.436. The molecular weight excluding hydrogens is 378 g/mol. The van der Waals surface area contributed by atoms with E-state index in [2.05, 4.69) is 10.6 Å². The highest BCUT2D eigenvalue weighted by Crippen LogP contribution is 2.22. The summed E-state index contributed by atoms with van der Waals surface area (Å²) in [6.07, 6.45) is 3.68. The van der Waals surface area contributed by atoms with E-state index in [1.54, 1.807) is 12.1 Å². The summed E-state index contributed by atoms with van der Waals surface area (Å²) in [7, 11) is 0. The van der Waals surface area contributed by atoms with E-state index in [4.69, 9.17) is 4.74 Å². The smallest absolute Gasteiger partial charge is 0.326 e. The van der Waals surface area contributed by atoms with Crippen molar-refractivity contribution in [1.82, 2.24) is 15.5 Å². The minimum absolute atomic E-state index is 0.0308. The molecular formula is C20H23N3O6. The molecule has 1 aromatic carbocycles. The van der Waals surface area contributed by atoms with E-state index < -0.39 is 42.4 Å². The van der Waals surface area contributed by atoms with Crippen LogP contribution in [0, 0.1) is 0 Å². The van der Waals surface area contributed by atoms with Gasteiger partial charge in [-0.05, 0) is 31.9 Å². The average molecular weight is 401 g/mol. The Morgan fingerprint density at radius 1 is 1.07 bits per heavy atom. The Bertz CT molecular complexity index is 811. The zero-order valence-electron chi connectivity index (χ0n) is 16.1. The SMILES string of the molecule is CC(OC(=O)CN1C(=O)c2ccccc2C1=O)C(=O)NC(=O)NC1CCCCC1. The third-order valence-electron chi connectivity index (χ3n) is 5.02. The number of amides is 5. The van der Waals surface area contributed by atoms with Crippen LogP contribution in [0.15, 0.2) is 24.3 Å². The van der Waals surface area contributed by atoms with E-state index in [9.17, 15) is 24.0 Å². The number of carbonyl (C=O) groups is 5. The summed E-state index contributed by atoms with van der Waals surface area (Å²) >= 11 is 0. The van der Waals surface area contributed by atoms with Gasteiger partial charge >= 0.3 is 12.0 Å². The summed E-state index contributed by atoms with van der Waals surface area (Å²) in [6, 6.07) is 5.64. The molecule has 9 heteroatoms. The molecule has 0 bridgehead atoms. The van der Waals surface area contributed by atoms with Crippen LogP contribution in [-0.4, -0.2) is 53.3 Å². The highest BCUT2D eigenvalue weighted by molar-refractivity contribution is 6.22. The predicted octanol–water partition coefficient (Wildman–Crippen LogP) is 1.37. The van der Waals surface area contributed by atoms with Crippen molar-refractivity contribution in [2.24, 2.45) is 0 Å². The maximum atomic E-state index is 12.3. The van der Waals surface area contributed by atoms with Crippen molar-refractivity contribution in [3.05, 3.63) is 35.4 Å². The molecule has 29 heavy (non-hydrogen) atoms. The first-order valence-electron chi connectivity index (χ1n) is 9.63. The van der Waals surface area contributed by atoms with E-state index in [0.717, 1.165) is 37.0 Å². The van der Waals surface area contributed by atoms with E-state index in [-0.39, 0.29) is 17.2 Å². The first kappa shape index (κ1) is 20.5. The van der Waals surface area contributed by atoms with E-state index >= 15 is 0 Å². The molecule has 1 saturated carbocycles. The summed E-state index contributed by atoms with van der Waals surface area (Å²) in [6.45, 7) is 0.696. The maximum absolute atomic E-state index is 12.3. The number of nitrogens with one attached hydrogen (secondary N) is 2. The van der Waals surface area contributed by atoms with Gasteiger partial charge in [-0.2, -0.15) is 0 Å². The Morgan fingerprint density at radius 2 is 1.66 bits per heavy atom. The number of hydrogen-bond acceptors (Lipinski definition) is 6. The van der Waals surface area contributed by atoms with Crippen molar-refractivity contribution in [2.45, 2.75) is 51.2 Å². The third-order valence-corrected chi connectivity index (χ3v) is 5.02. The van der Waals surface area contributed by atoms with Gasteiger partial charge in [-0.25, -0.2) is 4.79 Å². The minimum Gasteiger partial charge on any atom is -0.451 e. The van der Waals surface area contributed by atoms with Gasteiger partial charge in [0.05, 0.1) is 11.1 Å². The predicted molar refractivity (Wildman–Crippen MR) is 101 cm³/mol. The Labute approximate surface area is 167 Å². The highest BCUT2D eigenvalue weighted by Gasteiger charge is 2.37. The van der Waals surface area contributed by atoms with Crippen LogP contribution in [0.25, 0.3) is 0 Å². The van der Waals surface area contributed by atoms with Crippen LogP contribution in [0.4, 0.5) is 4.79 Å². The minimum atomic E-state index is -1.25. The van der Waals surface area contributed by atoms with E-state index in [1.165, 1.54) is 19.1 Å². The van der Waals surface area contributed by atoms with Crippen molar-refractivity contribution >= 4 is 29.7 Å². The average Bonchev–Trinajstić information content (AvgIpc) is 2.93. The molecule has 1 unspecified atom stereocenters. The molecule has 3 rings (SSSR count). The summed E-state index contributed by atoms with van der Waals surface area (Å²) < 4.78 is 4.98. The van der Waals surface area contributed by atoms with Crippen molar-refractivity contribution in [1.29, 1.82) is 0 Å². The van der Waals surface area contributed by atoms with Gasteiger partial charge in [0.1, 0.15) is 6.54 Å². The Kier molecular flexibility index (Phi) is 6.26. The van der Waals surface area contributed by atoms with Gasteiger partial charge in [0, 0.05) is 6.04 Å².